The lowest BCUT2D eigenvalue weighted by Crippen LogP contribution is -2.53. The maximum absolute atomic E-state index is 12.5. The number of pyridine rings is 1. The second-order valence-electron chi connectivity index (χ2n) is 6.76. The highest BCUT2D eigenvalue weighted by Gasteiger charge is 2.30. The zero-order valence-corrected chi connectivity index (χ0v) is 15.6. The van der Waals surface area contributed by atoms with E-state index in [1.807, 2.05) is 12.3 Å². The second-order valence-corrected chi connectivity index (χ2v) is 6.76. The van der Waals surface area contributed by atoms with E-state index >= 15 is 0 Å². The zero-order valence-electron chi connectivity index (χ0n) is 15.6. The highest BCUT2D eigenvalue weighted by molar-refractivity contribution is 5.92. The molecule has 26 heavy (non-hydrogen) atoms. The number of hydrogen-bond acceptors (Lipinski definition) is 6. The van der Waals surface area contributed by atoms with E-state index in [1.54, 1.807) is 7.11 Å². The molecular formula is C19H26N4O3. The largest absolute Gasteiger partial charge is 0.446 e. The van der Waals surface area contributed by atoms with Gasteiger partial charge in [0.15, 0.2) is 5.69 Å². The van der Waals surface area contributed by atoms with E-state index in [0.29, 0.717) is 11.6 Å². The van der Waals surface area contributed by atoms with Gasteiger partial charge in [-0.05, 0) is 44.9 Å². The molecule has 0 aromatic carbocycles. The first-order chi connectivity index (χ1) is 12.6. The number of methoxy groups -OCH3 is 1. The SMILES string of the molecule is COCc1nc(C(=O)NC2CCCN(Cc3ncccc3C)C2C)co1. The summed E-state index contributed by atoms with van der Waals surface area (Å²) in [5.41, 5.74) is 2.58. The zero-order chi connectivity index (χ0) is 18.5. The number of carbonyl (C=O) groups is 1. The third kappa shape index (κ3) is 4.28. The monoisotopic (exact) mass is 358 g/mol. The van der Waals surface area contributed by atoms with Gasteiger partial charge in [0.05, 0.1) is 5.69 Å². The van der Waals surface area contributed by atoms with Gasteiger partial charge in [0.25, 0.3) is 5.91 Å². The number of nitrogens with zero attached hydrogens (tertiary/aromatic N) is 3. The van der Waals surface area contributed by atoms with Gasteiger partial charge in [0.2, 0.25) is 5.89 Å². The van der Waals surface area contributed by atoms with E-state index < -0.39 is 0 Å². The minimum Gasteiger partial charge on any atom is -0.446 e. The molecule has 0 aliphatic carbocycles. The van der Waals surface area contributed by atoms with Crippen LogP contribution in [0, 0.1) is 6.92 Å². The summed E-state index contributed by atoms with van der Waals surface area (Å²) >= 11 is 0. The molecule has 2 aromatic rings. The van der Waals surface area contributed by atoms with Crippen LogP contribution in [0.5, 0.6) is 0 Å². The lowest BCUT2D eigenvalue weighted by atomic mass is 9.96. The number of hydrogen-bond donors (Lipinski definition) is 1. The quantitative estimate of drug-likeness (QED) is 0.853. The number of likely N-dealkylation sites (tertiary alicyclic amines) is 1. The Bertz CT molecular complexity index is 746. The highest BCUT2D eigenvalue weighted by atomic mass is 16.5. The first-order valence-corrected chi connectivity index (χ1v) is 8.97. The molecule has 7 nitrogen and oxygen atoms in total. The minimum atomic E-state index is -0.205. The van der Waals surface area contributed by atoms with Crippen LogP contribution in [0.4, 0.5) is 0 Å². The molecule has 0 radical (unpaired) electrons. The molecule has 1 aliphatic rings. The van der Waals surface area contributed by atoms with Crippen molar-refractivity contribution in [1.29, 1.82) is 0 Å². The van der Waals surface area contributed by atoms with Gasteiger partial charge >= 0.3 is 0 Å². The summed E-state index contributed by atoms with van der Waals surface area (Å²) in [6.07, 6.45) is 5.20. The average molecular weight is 358 g/mol. The first kappa shape index (κ1) is 18.5. The number of aryl methyl sites for hydroxylation is 1. The van der Waals surface area contributed by atoms with Gasteiger partial charge in [0, 0.05) is 31.9 Å². The van der Waals surface area contributed by atoms with Crippen molar-refractivity contribution in [3.05, 3.63) is 47.4 Å². The number of nitrogens with one attached hydrogen (secondary N) is 1. The summed E-state index contributed by atoms with van der Waals surface area (Å²) in [4.78, 5) is 23.5. The summed E-state index contributed by atoms with van der Waals surface area (Å²) < 4.78 is 10.2. The van der Waals surface area contributed by atoms with Crippen molar-refractivity contribution in [2.45, 2.75) is 51.9 Å². The molecular weight excluding hydrogens is 332 g/mol. The third-order valence-corrected chi connectivity index (χ3v) is 4.96. The van der Waals surface area contributed by atoms with Crippen LogP contribution >= 0.6 is 0 Å². The standard InChI is InChI=1S/C19H26N4O3/c1-13-6-4-8-20-16(13)10-23-9-5-7-15(14(23)2)22-19(24)17-11-26-18(21-17)12-25-3/h4,6,8,11,14-15H,5,7,9-10,12H2,1-3H3,(H,22,24). The Labute approximate surface area is 153 Å². The number of aromatic nitrogens is 2. The number of ether oxygens (including phenoxy) is 1. The lowest BCUT2D eigenvalue weighted by molar-refractivity contribution is 0.0808. The Balaban J connectivity index is 1.62. The van der Waals surface area contributed by atoms with Gasteiger partial charge in [-0.3, -0.25) is 14.7 Å². The van der Waals surface area contributed by atoms with Gasteiger partial charge in [-0.2, -0.15) is 0 Å². The smallest absolute Gasteiger partial charge is 0.273 e. The number of carbonyl (C=O) groups excluding carboxylic acids is 1. The number of rotatable bonds is 6. The van der Waals surface area contributed by atoms with Gasteiger partial charge in [-0.1, -0.05) is 6.07 Å². The van der Waals surface area contributed by atoms with Crippen molar-refractivity contribution in [3.8, 4) is 0 Å². The fraction of sp³-hybridized carbons (Fsp3) is 0.526. The molecule has 1 amide bonds. The van der Waals surface area contributed by atoms with Gasteiger partial charge in [0.1, 0.15) is 12.9 Å². The summed E-state index contributed by atoms with van der Waals surface area (Å²) in [6.45, 7) is 6.29. The maximum atomic E-state index is 12.5. The first-order valence-electron chi connectivity index (χ1n) is 8.97. The predicted molar refractivity (Wildman–Crippen MR) is 96.6 cm³/mol. The Morgan fingerprint density at radius 3 is 3.12 bits per heavy atom. The average Bonchev–Trinajstić information content (AvgIpc) is 3.09. The Morgan fingerprint density at radius 2 is 2.35 bits per heavy atom. The molecule has 2 atom stereocenters. The Hall–Kier alpha value is -2.25. The summed E-state index contributed by atoms with van der Waals surface area (Å²) in [5, 5.41) is 3.11. The van der Waals surface area contributed by atoms with Crippen molar-refractivity contribution in [1.82, 2.24) is 20.2 Å². The van der Waals surface area contributed by atoms with Gasteiger partial charge < -0.3 is 14.5 Å². The van der Waals surface area contributed by atoms with E-state index in [-0.39, 0.29) is 24.6 Å². The fourth-order valence-corrected chi connectivity index (χ4v) is 3.35. The second kappa shape index (κ2) is 8.42. The van der Waals surface area contributed by atoms with E-state index in [9.17, 15) is 4.79 Å². The van der Waals surface area contributed by atoms with Crippen molar-refractivity contribution >= 4 is 5.91 Å². The van der Waals surface area contributed by atoms with Gasteiger partial charge in [-0.25, -0.2) is 4.98 Å². The van der Waals surface area contributed by atoms with Crippen molar-refractivity contribution in [3.63, 3.8) is 0 Å². The molecule has 7 heteroatoms. The van der Waals surface area contributed by atoms with Crippen molar-refractivity contribution < 1.29 is 13.9 Å². The van der Waals surface area contributed by atoms with Crippen LogP contribution in [0.25, 0.3) is 0 Å². The Kier molecular flexibility index (Phi) is 6.00. The Morgan fingerprint density at radius 1 is 1.50 bits per heavy atom. The molecule has 1 aliphatic heterocycles. The maximum Gasteiger partial charge on any atom is 0.273 e. The normalized spacial score (nSPS) is 20.9. The molecule has 140 valence electrons. The van der Waals surface area contributed by atoms with E-state index in [0.717, 1.165) is 31.6 Å². The van der Waals surface area contributed by atoms with E-state index in [2.05, 4.69) is 40.1 Å². The van der Waals surface area contributed by atoms with Crippen molar-refractivity contribution in [2.24, 2.45) is 0 Å². The molecule has 2 aromatic heterocycles. The summed E-state index contributed by atoms with van der Waals surface area (Å²) in [7, 11) is 1.56. The molecule has 1 saturated heterocycles. The van der Waals surface area contributed by atoms with Gasteiger partial charge in [-0.15, -0.1) is 0 Å². The molecule has 1 fully saturated rings. The number of amides is 1. The molecule has 1 N–H and O–H groups in total. The molecule has 3 rings (SSSR count). The summed E-state index contributed by atoms with van der Waals surface area (Å²) in [6, 6.07) is 4.33. The van der Waals surface area contributed by atoms with Crippen LogP contribution in [0.3, 0.4) is 0 Å². The topological polar surface area (TPSA) is 80.5 Å². The highest BCUT2D eigenvalue weighted by Crippen LogP contribution is 2.21. The van der Waals surface area contributed by atoms with Crippen LogP contribution in [-0.4, -0.2) is 46.5 Å². The lowest BCUT2D eigenvalue weighted by Gasteiger charge is -2.39. The summed E-state index contributed by atoms with van der Waals surface area (Å²) in [5.74, 6) is 0.199. The van der Waals surface area contributed by atoms with Crippen LogP contribution in [0.2, 0.25) is 0 Å². The molecule has 2 unspecified atom stereocenters. The van der Waals surface area contributed by atoms with E-state index in [1.165, 1.54) is 11.8 Å². The minimum absolute atomic E-state index is 0.0721. The number of oxazole rings is 1. The van der Waals surface area contributed by atoms with Crippen molar-refractivity contribution in [2.75, 3.05) is 13.7 Å². The molecule has 0 spiro atoms. The van der Waals surface area contributed by atoms with Crippen LogP contribution < -0.4 is 5.32 Å². The van der Waals surface area contributed by atoms with E-state index in [4.69, 9.17) is 9.15 Å². The number of piperidine rings is 1. The predicted octanol–water partition coefficient (Wildman–Crippen LogP) is 2.31. The fourth-order valence-electron chi connectivity index (χ4n) is 3.35. The molecule has 0 saturated carbocycles. The molecule has 3 heterocycles. The van der Waals surface area contributed by atoms with Crippen LogP contribution in [-0.2, 0) is 17.9 Å². The van der Waals surface area contributed by atoms with Crippen LogP contribution in [0.15, 0.2) is 29.0 Å². The van der Waals surface area contributed by atoms with Crippen LogP contribution in [0.1, 0.15) is 47.4 Å². The molecule has 0 bridgehead atoms. The third-order valence-electron chi connectivity index (χ3n) is 4.96.